The van der Waals surface area contributed by atoms with Crippen molar-refractivity contribution >= 4 is 5.82 Å². The van der Waals surface area contributed by atoms with Crippen molar-refractivity contribution in [3.05, 3.63) is 47.7 Å². The van der Waals surface area contributed by atoms with Crippen LogP contribution in [-0.2, 0) is 0 Å². The van der Waals surface area contributed by atoms with E-state index in [1.165, 1.54) is 14.2 Å². The van der Waals surface area contributed by atoms with Crippen molar-refractivity contribution in [2.75, 3.05) is 20.0 Å². The topological polar surface area (TPSA) is 114 Å². The van der Waals surface area contributed by atoms with E-state index in [-0.39, 0.29) is 28.6 Å². The highest BCUT2D eigenvalue weighted by atomic mass is 16.5. The Balaban J connectivity index is 2.26. The van der Waals surface area contributed by atoms with Crippen LogP contribution >= 0.6 is 0 Å². The molecule has 0 amide bonds. The molecule has 0 atom stereocenters. The molecule has 3 rings (SSSR count). The Kier molecular flexibility index (Phi) is 4.81. The summed E-state index contributed by atoms with van der Waals surface area (Å²) in [6.07, 6.45) is 1.73. The number of phenols is 1. The van der Waals surface area contributed by atoms with Crippen molar-refractivity contribution in [2.45, 2.75) is 6.92 Å². The summed E-state index contributed by atoms with van der Waals surface area (Å²) in [6.45, 7) is 1.94. The number of nitrogens with zero attached hydrogens (tertiary/aromatic N) is 3. The molecule has 0 aliphatic carbocycles. The molecule has 7 nitrogen and oxygen atoms in total. The van der Waals surface area contributed by atoms with Gasteiger partial charge < -0.3 is 20.3 Å². The van der Waals surface area contributed by atoms with Gasteiger partial charge in [-0.3, -0.25) is 4.98 Å². The summed E-state index contributed by atoms with van der Waals surface area (Å²) in [5, 5.41) is 19.7. The quantitative estimate of drug-likeness (QED) is 0.732. The van der Waals surface area contributed by atoms with E-state index in [1.54, 1.807) is 24.4 Å². The highest BCUT2D eigenvalue weighted by molar-refractivity contribution is 5.81. The van der Waals surface area contributed by atoms with Crippen molar-refractivity contribution < 1.29 is 14.6 Å². The second kappa shape index (κ2) is 7.22. The Labute approximate surface area is 156 Å². The van der Waals surface area contributed by atoms with E-state index in [0.717, 1.165) is 5.56 Å². The summed E-state index contributed by atoms with van der Waals surface area (Å²) in [7, 11) is 2.87. The molecule has 0 fully saturated rings. The predicted molar refractivity (Wildman–Crippen MR) is 102 cm³/mol. The summed E-state index contributed by atoms with van der Waals surface area (Å²) in [5.41, 5.74) is 9.59. The maximum Gasteiger partial charge on any atom is 0.200 e. The molecule has 3 N–H and O–H groups in total. The van der Waals surface area contributed by atoms with Gasteiger partial charge in [-0.25, -0.2) is 4.98 Å². The predicted octanol–water partition coefficient (Wildman–Crippen LogP) is 3.30. The lowest BCUT2D eigenvalue weighted by Crippen LogP contribution is -2.01. The van der Waals surface area contributed by atoms with E-state index in [1.807, 2.05) is 19.1 Å². The molecule has 27 heavy (non-hydrogen) atoms. The summed E-state index contributed by atoms with van der Waals surface area (Å²) in [5.74, 6) is 0.417. The number of rotatable bonds is 4. The first-order valence-electron chi connectivity index (χ1n) is 8.07. The lowest BCUT2D eigenvalue weighted by Gasteiger charge is -2.14. The number of methoxy groups -OCH3 is 2. The molecule has 2 aromatic heterocycles. The van der Waals surface area contributed by atoms with Crippen LogP contribution in [0.1, 0.15) is 11.1 Å². The van der Waals surface area contributed by atoms with Gasteiger partial charge in [0, 0.05) is 11.8 Å². The van der Waals surface area contributed by atoms with E-state index >= 15 is 0 Å². The number of benzene rings is 1. The number of phenolic OH excluding ortho intramolecular Hbond substituents is 1. The zero-order valence-electron chi connectivity index (χ0n) is 15.1. The monoisotopic (exact) mass is 362 g/mol. The highest BCUT2D eigenvalue weighted by Crippen LogP contribution is 2.42. The number of nitriles is 1. The van der Waals surface area contributed by atoms with E-state index in [4.69, 9.17) is 15.2 Å². The molecular weight excluding hydrogens is 344 g/mol. The molecule has 7 heteroatoms. The Hall–Kier alpha value is -3.79. The van der Waals surface area contributed by atoms with Gasteiger partial charge in [0.15, 0.2) is 11.5 Å². The van der Waals surface area contributed by atoms with E-state index < -0.39 is 0 Å². The van der Waals surface area contributed by atoms with Gasteiger partial charge in [-0.15, -0.1) is 0 Å². The number of nitrogens with two attached hydrogens (primary N) is 1. The summed E-state index contributed by atoms with van der Waals surface area (Å²) < 4.78 is 10.4. The van der Waals surface area contributed by atoms with E-state index in [0.29, 0.717) is 22.5 Å². The van der Waals surface area contributed by atoms with Gasteiger partial charge in [-0.1, -0.05) is 6.07 Å². The molecule has 3 aromatic rings. The Morgan fingerprint density at radius 1 is 1.07 bits per heavy atom. The molecule has 0 radical (unpaired) electrons. The van der Waals surface area contributed by atoms with Crippen LogP contribution in [-0.4, -0.2) is 29.3 Å². The summed E-state index contributed by atoms with van der Waals surface area (Å²) in [4.78, 5) is 8.68. The van der Waals surface area contributed by atoms with Gasteiger partial charge in [0.25, 0.3) is 0 Å². The number of anilines is 1. The van der Waals surface area contributed by atoms with E-state index in [9.17, 15) is 10.4 Å². The SMILES string of the molecule is COc1cc(-c2cc(-c3ccc(C)cn3)nc(N)c2C#N)cc(OC)c1O. The molecule has 0 saturated heterocycles. The molecule has 0 bridgehead atoms. The van der Waals surface area contributed by atoms with Crippen LogP contribution in [0, 0.1) is 18.3 Å². The molecule has 136 valence electrons. The lowest BCUT2D eigenvalue weighted by atomic mass is 9.98. The average Bonchev–Trinajstić information content (AvgIpc) is 2.68. The maximum absolute atomic E-state index is 10.1. The minimum atomic E-state index is -0.121. The Bertz CT molecular complexity index is 1020. The Morgan fingerprint density at radius 3 is 2.26 bits per heavy atom. The number of aromatic nitrogens is 2. The standard InChI is InChI=1S/C20H18N4O3/c1-11-4-5-15(23-10-11)16-8-13(14(9-21)20(22)24-16)12-6-17(26-2)19(25)18(7-12)27-3/h4-8,10,25H,1-3H3,(H2,22,24). The van der Waals surface area contributed by atoms with Crippen molar-refractivity contribution in [2.24, 2.45) is 0 Å². The van der Waals surface area contributed by atoms with Crippen LogP contribution in [0.25, 0.3) is 22.5 Å². The van der Waals surface area contributed by atoms with Gasteiger partial charge in [-0.2, -0.15) is 5.26 Å². The smallest absolute Gasteiger partial charge is 0.200 e. The molecule has 1 aromatic carbocycles. The number of pyridine rings is 2. The fourth-order valence-corrected chi connectivity index (χ4v) is 2.71. The first-order valence-corrected chi connectivity index (χ1v) is 8.07. The van der Waals surface area contributed by atoms with Gasteiger partial charge in [0.1, 0.15) is 17.5 Å². The molecule has 0 aliphatic rings. The second-order valence-corrected chi connectivity index (χ2v) is 5.88. The minimum absolute atomic E-state index is 0.0957. The average molecular weight is 362 g/mol. The molecule has 2 heterocycles. The lowest BCUT2D eigenvalue weighted by molar-refractivity contribution is 0.340. The van der Waals surface area contributed by atoms with E-state index in [2.05, 4.69) is 16.0 Å². The fraction of sp³-hybridized carbons (Fsp3) is 0.150. The van der Waals surface area contributed by atoms with Gasteiger partial charge in [-0.05, 0) is 42.3 Å². The third-order valence-corrected chi connectivity index (χ3v) is 4.12. The number of ether oxygens (including phenoxy) is 2. The number of aromatic hydroxyl groups is 1. The van der Waals surface area contributed by atoms with Crippen molar-refractivity contribution in [3.63, 3.8) is 0 Å². The summed E-state index contributed by atoms with van der Waals surface area (Å²) >= 11 is 0. The maximum atomic E-state index is 10.1. The van der Waals surface area contributed by atoms with Gasteiger partial charge >= 0.3 is 0 Å². The summed E-state index contributed by atoms with van der Waals surface area (Å²) in [6, 6.07) is 10.8. The number of hydrogen-bond acceptors (Lipinski definition) is 7. The van der Waals surface area contributed by atoms with Crippen LogP contribution in [0.15, 0.2) is 36.5 Å². The zero-order valence-corrected chi connectivity index (χ0v) is 15.1. The second-order valence-electron chi connectivity index (χ2n) is 5.88. The van der Waals surface area contributed by atoms with Crippen LogP contribution in [0.2, 0.25) is 0 Å². The molecule has 0 spiro atoms. The van der Waals surface area contributed by atoms with Crippen LogP contribution in [0.3, 0.4) is 0 Å². The molecule has 0 saturated carbocycles. The van der Waals surface area contributed by atoms with Crippen molar-refractivity contribution in [3.8, 4) is 45.8 Å². The van der Waals surface area contributed by atoms with Crippen molar-refractivity contribution in [1.82, 2.24) is 9.97 Å². The Morgan fingerprint density at radius 2 is 1.74 bits per heavy atom. The highest BCUT2D eigenvalue weighted by Gasteiger charge is 2.18. The number of aryl methyl sites for hydroxylation is 1. The number of nitrogen functional groups attached to an aromatic ring is 1. The van der Waals surface area contributed by atoms with Crippen molar-refractivity contribution in [1.29, 1.82) is 5.26 Å². The normalized spacial score (nSPS) is 10.3. The third kappa shape index (κ3) is 3.33. The molecular formula is C20H18N4O3. The molecule has 0 unspecified atom stereocenters. The van der Waals surface area contributed by atoms with Crippen LogP contribution < -0.4 is 15.2 Å². The van der Waals surface area contributed by atoms with Gasteiger partial charge in [0.05, 0.1) is 25.6 Å². The van der Waals surface area contributed by atoms with Crippen LogP contribution in [0.5, 0.6) is 17.2 Å². The first kappa shape index (κ1) is 18.0. The fourth-order valence-electron chi connectivity index (χ4n) is 2.71. The zero-order chi connectivity index (χ0) is 19.6. The largest absolute Gasteiger partial charge is 0.502 e. The first-order chi connectivity index (χ1) is 13.0. The number of hydrogen-bond donors (Lipinski definition) is 2. The minimum Gasteiger partial charge on any atom is -0.502 e. The third-order valence-electron chi connectivity index (χ3n) is 4.12. The van der Waals surface area contributed by atoms with Crippen LogP contribution in [0.4, 0.5) is 5.82 Å². The van der Waals surface area contributed by atoms with Gasteiger partial charge in [0.2, 0.25) is 5.75 Å². The molecule has 0 aliphatic heterocycles.